The predicted molar refractivity (Wildman–Crippen MR) is 41.6 cm³/mol. The summed E-state index contributed by atoms with van der Waals surface area (Å²) in [5.41, 5.74) is 4.28. The van der Waals surface area contributed by atoms with Gasteiger partial charge in [-0.05, 0) is 19.3 Å². The topological polar surface area (TPSA) is 26.1 Å². The Morgan fingerprint density at radius 1 is 1.50 bits per heavy atom. The number of hydrogen-bond acceptors (Lipinski definition) is 2. The molecule has 0 aromatic heterocycles. The number of nitrogens with zero attached hydrogens (tertiary/aromatic N) is 1. The number of allylic oxidation sites excluding steroid dienone is 2. The van der Waals surface area contributed by atoms with Crippen molar-refractivity contribution in [3.05, 3.63) is 12.2 Å². The minimum absolute atomic E-state index is 0.756. The van der Waals surface area contributed by atoms with E-state index in [0.717, 1.165) is 12.5 Å². The van der Waals surface area contributed by atoms with Gasteiger partial charge in [0.15, 0.2) is 5.10 Å². The molecule has 2 rings (SSSR count). The number of nitrogens with one attached hydrogen (secondary N) is 1. The average Bonchev–Trinajstić information content (AvgIpc) is 2.05. The van der Waals surface area contributed by atoms with E-state index in [4.69, 9.17) is 0 Å². The molecule has 1 heterocycles. The molecule has 1 atom stereocenters. The monoisotopic (exact) mass is 136 g/mol. The van der Waals surface area contributed by atoms with Gasteiger partial charge in [0.25, 0.3) is 5.71 Å². The zero-order valence-corrected chi connectivity index (χ0v) is 6.01. The maximum absolute atomic E-state index is 4.23. The molecule has 53 valence electrons. The molecule has 10 heavy (non-hydrogen) atoms. The number of rotatable bonds is 0. The molecule has 0 aromatic rings. The molecule has 1 N–H and O–H groups in total. The molecule has 1 radical (unpaired) electrons. The third-order valence-corrected chi connectivity index (χ3v) is 2.20. The second-order valence-corrected chi connectivity index (χ2v) is 2.91. The van der Waals surface area contributed by atoms with Crippen molar-refractivity contribution in [2.45, 2.75) is 19.3 Å². The molecular weight excluding hydrogens is 124 g/mol. The summed E-state index contributed by atoms with van der Waals surface area (Å²) in [7, 11) is 0. The highest BCUT2D eigenvalue weighted by Crippen LogP contribution is 2.18. The Morgan fingerprint density at radius 2 is 2.50 bits per heavy atom. The Kier molecular flexibility index (Phi) is 1.46. The number of fused-ring (bicyclic) bond motifs is 1. The molecule has 0 spiro atoms. The van der Waals surface area contributed by atoms with Crippen LogP contribution in [-0.2, 0) is 0 Å². The quantitative estimate of drug-likeness (QED) is 0.519. The zero-order valence-electron chi connectivity index (χ0n) is 6.01. The van der Waals surface area contributed by atoms with Gasteiger partial charge in [-0.25, -0.2) is 0 Å². The van der Waals surface area contributed by atoms with Crippen LogP contribution in [0.2, 0.25) is 0 Å². The Labute approximate surface area is 61.0 Å². The summed E-state index contributed by atoms with van der Waals surface area (Å²) in [6, 6.07) is 0. The van der Waals surface area contributed by atoms with Gasteiger partial charge in [0.2, 0.25) is 0 Å². The fraction of sp³-hybridized carbons (Fsp3) is 0.625. The maximum Gasteiger partial charge on any atom is 0.289 e. The molecular formula is C8H12N2+. The molecule has 0 saturated heterocycles. The third kappa shape index (κ3) is 0.939. The Balaban J connectivity index is 2.21. The van der Waals surface area contributed by atoms with E-state index in [0.29, 0.717) is 0 Å². The van der Waals surface area contributed by atoms with Crippen LogP contribution >= 0.6 is 0 Å². The van der Waals surface area contributed by atoms with Crippen molar-refractivity contribution < 1.29 is 0 Å². The normalized spacial score (nSPS) is 30.4. The Morgan fingerprint density at radius 3 is 3.40 bits per heavy atom. The van der Waals surface area contributed by atoms with Gasteiger partial charge in [-0.3, -0.25) is 0 Å². The van der Waals surface area contributed by atoms with Gasteiger partial charge in [-0.1, -0.05) is 6.08 Å². The molecule has 1 aliphatic carbocycles. The van der Waals surface area contributed by atoms with E-state index >= 15 is 0 Å². The predicted octanol–water partition coefficient (Wildman–Crippen LogP) is 0.638. The summed E-state index contributed by atoms with van der Waals surface area (Å²) in [6.07, 6.45) is 8.17. The second kappa shape index (κ2) is 2.45. The molecule has 1 unspecified atom stereocenters. The van der Waals surface area contributed by atoms with Crippen molar-refractivity contribution in [1.29, 1.82) is 0 Å². The summed E-state index contributed by atoms with van der Waals surface area (Å²) in [5.74, 6) is 0.756. The zero-order chi connectivity index (χ0) is 6.81. The van der Waals surface area contributed by atoms with Crippen LogP contribution in [0.25, 0.3) is 0 Å². The largest absolute Gasteiger partial charge is 0.289 e. The van der Waals surface area contributed by atoms with Crippen LogP contribution in [0.15, 0.2) is 12.2 Å². The van der Waals surface area contributed by atoms with E-state index in [1.54, 1.807) is 0 Å². The Bertz CT molecular complexity index is 182. The fourth-order valence-corrected chi connectivity index (χ4v) is 1.59. The molecule has 0 saturated carbocycles. The van der Waals surface area contributed by atoms with E-state index in [9.17, 15) is 0 Å². The first-order chi connectivity index (χ1) is 4.97. The second-order valence-electron chi connectivity index (χ2n) is 2.91. The van der Waals surface area contributed by atoms with E-state index in [1.807, 2.05) is 0 Å². The van der Waals surface area contributed by atoms with Crippen LogP contribution in [0.1, 0.15) is 19.3 Å². The van der Waals surface area contributed by atoms with Crippen LogP contribution in [0.5, 0.6) is 0 Å². The Hall–Kier alpha value is -0.790. The molecule has 2 aliphatic rings. The minimum atomic E-state index is 0.756. The summed E-state index contributed by atoms with van der Waals surface area (Å²) in [4.78, 5) is 0. The molecule has 2 heteroatoms. The number of hydrazone groups is 1. The van der Waals surface area contributed by atoms with Gasteiger partial charge in [0.05, 0.1) is 12.5 Å². The van der Waals surface area contributed by atoms with Crippen LogP contribution in [0, 0.1) is 5.92 Å². The van der Waals surface area contributed by atoms with Crippen molar-refractivity contribution in [3.63, 3.8) is 0 Å². The van der Waals surface area contributed by atoms with E-state index in [1.165, 1.54) is 25.0 Å². The van der Waals surface area contributed by atoms with E-state index in [-0.39, 0.29) is 0 Å². The van der Waals surface area contributed by atoms with Crippen molar-refractivity contribution in [2.24, 2.45) is 5.92 Å². The van der Waals surface area contributed by atoms with E-state index in [2.05, 4.69) is 22.7 Å². The highest BCUT2D eigenvalue weighted by atomic mass is 15.3. The smallest absolute Gasteiger partial charge is 0.133 e. The van der Waals surface area contributed by atoms with Crippen LogP contribution in [-0.4, -0.2) is 12.3 Å². The lowest BCUT2D eigenvalue weighted by Gasteiger charge is -2.14. The highest BCUT2D eigenvalue weighted by molar-refractivity contribution is 5.96. The van der Waals surface area contributed by atoms with Gasteiger partial charge in [-0.2, -0.15) is 0 Å². The molecule has 0 aromatic carbocycles. The number of hydrogen-bond donors (Lipinski definition) is 1. The summed E-state index contributed by atoms with van der Waals surface area (Å²) < 4.78 is 0. The average molecular weight is 136 g/mol. The lowest BCUT2D eigenvalue weighted by Crippen LogP contribution is -2.35. The fourth-order valence-electron chi connectivity index (χ4n) is 1.59. The van der Waals surface area contributed by atoms with Gasteiger partial charge in [0, 0.05) is 6.08 Å². The first kappa shape index (κ1) is 5.96. The summed E-state index contributed by atoms with van der Waals surface area (Å²) >= 11 is 0. The molecule has 2 nitrogen and oxygen atoms in total. The molecule has 0 amide bonds. The third-order valence-electron chi connectivity index (χ3n) is 2.20. The molecule has 0 fully saturated rings. The van der Waals surface area contributed by atoms with Crippen molar-refractivity contribution in [2.75, 3.05) is 6.54 Å². The van der Waals surface area contributed by atoms with Gasteiger partial charge >= 0.3 is 0 Å². The van der Waals surface area contributed by atoms with Crippen LogP contribution in [0.4, 0.5) is 0 Å². The minimum Gasteiger partial charge on any atom is -0.133 e. The SMILES string of the molecule is C1=CC2=[N+]NCCC2CC1. The standard InChI is InChI=1S/C8H12N2/c1-2-4-8-7(3-1)5-6-9-10-8/h2,4,7,9H,1,3,5-6H2/q+1. The van der Waals surface area contributed by atoms with Gasteiger partial charge < -0.3 is 0 Å². The lowest BCUT2D eigenvalue weighted by molar-refractivity contribution is 0.486. The summed E-state index contributed by atoms with van der Waals surface area (Å²) in [5, 5.41) is 4.23. The van der Waals surface area contributed by atoms with Crippen molar-refractivity contribution >= 4 is 5.71 Å². The maximum atomic E-state index is 4.23. The van der Waals surface area contributed by atoms with Crippen molar-refractivity contribution in [1.82, 2.24) is 10.5 Å². The molecule has 0 bridgehead atoms. The highest BCUT2D eigenvalue weighted by Gasteiger charge is 2.28. The van der Waals surface area contributed by atoms with Gasteiger partial charge in [-0.15, -0.1) is 5.43 Å². The van der Waals surface area contributed by atoms with Crippen LogP contribution < -0.4 is 10.5 Å². The molecule has 1 aliphatic heterocycles. The summed E-state index contributed by atoms with van der Waals surface area (Å²) in [6.45, 7) is 1.06. The van der Waals surface area contributed by atoms with Crippen LogP contribution in [0.3, 0.4) is 0 Å². The van der Waals surface area contributed by atoms with E-state index < -0.39 is 0 Å². The van der Waals surface area contributed by atoms with Gasteiger partial charge in [0.1, 0.15) is 0 Å². The first-order valence-electron chi connectivity index (χ1n) is 3.94. The lowest BCUT2D eigenvalue weighted by atomic mass is 9.89. The first-order valence-corrected chi connectivity index (χ1v) is 3.94. The van der Waals surface area contributed by atoms with Crippen molar-refractivity contribution in [3.8, 4) is 0 Å².